The van der Waals surface area contributed by atoms with E-state index in [0.29, 0.717) is 10.7 Å². The van der Waals surface area contributed by atoms with E-state index >= 15 is 0 Å². The largest absolute Gasteiger partial charge is 0.329 e. The van der Waals surface area contributed by atoms with Crippen molar-refractivity contribution >= 4 is 41.0 Å². The Morgan fingerprint density at radius 3 is 2.67 bits per heavy atom. The first-order valence-electron chi connectivity index (χ1n) is 5.48. The van der Waals surface area contributed by atoms with E-state index in [1.54, 1.807) is 24.3 Å². The standard InChI is InChI=1S/C12H13ClN2O2S/c1-7(18-2)10-11(16)15(12(17)14-10)9-6-4-3-5-8(9)13/h3-7,10H,1-2H3,(H,14,17). The summed E-state index contributed by atoms with van der Waals surface area (Å²) in [4.78, 5) is 25.2. The lowest BCUT2D eigenvalue weighted by Gasteiger charge is -2.16. The minimum Gasteiger partial charge on any atom is -0.324 e. The fraction of sp³-hybridized carbons (Fsp3) is 0.333. The van der Waals surface area contributed by atoms with Gasteiger partial charge in [0.05, 0.1) is 10.7 Å². The van der Waals surface area contributed by atoms with Gasteiger partial charge in [-0.3, -0.25) is 4.79 Å². The van der Waals surface area contributed by atoms with Crippen LogP contribution in [0.15, 0.2) is 24.3 Å². The Kier molecular flexibility index (Phi) is 3.82. The number of amides is 3. The summed E-state index contributed by atoms with van der Waals surface area (Å²) in [5, 5.41) is 3.10. The SMILES string of the molecule is CSC(C)C1NC(=O)N(c2ccccc2Cl)C1=O. The number of thioether (sulfide) groups is 1. The predicted octanol–water partition coefficient (Wildman–Crippen LogP) is 2.52. The number of nitrogens with one attached hydrogen (secondary N) is 1. The van der Waals surface area contributed by atoms with Crippen LogP contribution in [-0.2, 0) is 4.79 Å². The van der Waals surface area contributed by atoms with Crippen molar-refractivity contribution in [1.29, 1.82) is 0 Å². The summed E-state index contributed by atoms with van der Waals surface area (Å²) in [7, 11) is 0. The number of hydrogen-bond donors (Lipinski definition) is 1. The van der Waals surface area contributed by atoms with Gasteiger partial charge in [-0.15, -0.1) is 0 Å². The van der Waals surface area contributed by atoms with Crippen molar-refractivity contribution in [3.05, 3.63) is 29.3 Å². The summed E-state index contributed by atoms with van der Waals surface area (Å²) in [6.07, 6.45) is 1.91. The fourth-order valence-electron chi connectivity index (χ4n) is 1.81. The molecule has 1 fully saturated rings. The first-order chi connectivity index (χ1) is 8.56. The molecule has 1 aliphatic heterocycles. The van der Waals surface area contributed by atoms with E-state index in [2.05, 4.69) is 5.32 Å². The van der Waals surface area contributed by atoms with Crippen molar-refractivity contribution < 1.29 is 9.59 Å². The Labute approximate surface area is 115 Å². The highest BCUT2D eigenvalue weighted by atomic mass is 35.5. The van der Waals surface area contributed by atoms with E-state index in [9.17, 15) is 9.59 Å². The van der Waals surface area contributed by atoms with Crippen molar-refractivity contribution in [3.63, 3.8) is 0 Å². The molecular formula is C12H13ClN2O2S. The summed E-state index contributed by atoms with van der Waals surface area (Å²) < 4.78 is 0. The number of rotatable bonds is 3. The molecule has 1 saturated heterocycles. The van der Waals surface area contributed by atoms with Crippen molar-refractivity contribution in [2.45, 2.75) is 18.2 Å². The van der Waals surface area contributed by atoms with Crippen LogP contribution in [0, 0.1) is 0 Å². The average Bonchev–Trinajstić information content (AvgIpc) is 2.65. The summed E-state index contributed by atoms with van der Waals surface area (Å²) in [6.45, 7) is 1.91. The minimum absolute atomic E-state index is 0.0222. The summed E-state index contributed by atoms with van der Waals surface area (Å²) in [5.74, 6) is -0.255. The molecule has 0 saturated carbocycles. The third-order valence-electron chi connectivity index (χ3n) is 2.90. The fourth-order valence-corrected chi connectivity index (χ4v) is 2.49. The molecule has 1 N–H and O–H groups in total. The molecule has 2 atom stereocenters. The maximum atomic E-state index is 12.2. The number of imide groups is 1. The van der Waals surface area contributed by atoms with Gasteiger partial charge in [0.25, 0.3) is 5.91 Å². The van der Waals surface area contributed by atoms with Crippen LogP contribution in [-0.4, -0.2) is 29.5 Å². The summed E-state index contributed by atoms with van der Waals surface area (Å²) in [6, 6.07) is 5.90. The van der Waals surface area contributed by atoms with Crippen molar-refractivity contribution in [1.82, 2.24) is 5.32 Å². The number of urea groups is 1. The molecule has 0 spiro atoms. The van der Waals surface area contributed by atoms with Crippen molar-refractivity contribution in [2.24, 2.45) is 0 Å². The number of carbonyl (C=O) groups excluding carboxylic acids is 2. The third kappa shape index (κ3) is 2.20. The van der Waals surface area contributed by atoms with Gasteiger partial charge >= 0.3 is 6.03 Å². The number of halogens is 1. The van der Waals surface area contributed by atoms with Gasteiger partial charge in [0.2, 0.25) is 0 Å². The topological polar surface area (TPSA) is 49.4 Å². The lowest BCUT2D eigenvalue weighted by Crippen LogP contribution is -2.37. The normalized spacial score (nSPS) is 21.1. The molecule has 0 aliphatic carbocycles. The Morgan fingerprint density at radius 1 is 1.39 bits per heavy atom. The number of carbonyl (C=O) groups is 2. The van der Waals surface area contributed by atoms with Crippen molar-refractivity contribution in [2.75, 3.05) is 11.2 Å². The van der Waals surface area contributed by atoms with Gasteiger partial charge in [-0.2, -0.15) is 11.8 Å². The molecule has 3 amide bonds. The van der Waals surface area contributed by atoms with Crippen LogP contribution in [0.25, 0.3) is 0 Å². The molecule has 0 aromatic heterocycles. The average molecular weight is 285 g/mol. The second kappa shape index (κ2) is 5.20. The number of nitrogens with zero attached hydrogens (tertiary/aromatic N) is 1. The third-order valence-corrected chi connectivity index (χ3v) is 4.24. The Balaban J connectivity index is 2.33. The van der Waals surface area contributed by atoms with Gasteiger partial charge in [0, 0.05) is 5.25 Å². The molecular weight excluding hydrogens is 272 g/mol. The number of anilines is 1. The second-order valence-corrected chi connectivity index (χ2v) is 5.62. The van der Waals surface area contributed by atoms with Crippen LogP contribution in [0.2, 0.25) is 5.02 Å². The quantitative estimate of drug-likeness (QED) is 0.868. The van der Waals surface area contributed by atoms with E-state index in [1.165, 1.54) is 11.8 Å². The van der Waals surface area contributed by atoms with Gasteiger partial charge in [0.1, 0.15) is 6.04 Å². The van der Waals surface area contributed by atoms with Crippen LogP contribution in [0.5, 0.6) is 0 Å². The zero-order valence-electron chi connectivity index (χ0n) is 10.0. The molecule has 1 aliphatic rings. The van der Waals surface area contributed by atoms with E-state index in [4.69, 9.17) is 11.6 Å². The van der Waals surface area contributed by atoms with Gasteiger partial charge < -0.3 is 5.32 Å². The molecule has 1 aromatic rings. The summed E-state index contributed by atoms with van der Waals surface area (Å²) in [5.41, 5.74) is 0.428. The van der Waals surface area contributed by atoms with Crippen LogP contribution in [0.4, 0.5) is 10.5 Å². The lowest BCUT2D eigenvalue weighted by atomic mass is 10.2. The summed E-state index contributed by atoms with van der Waals surface area (Å²) >= 11 is 7.55. The molecule has 2 unspecified atom stereocenters. The van der Waals surface area contributed by atoms with Crippen LogP contribution in [0.3, 0.4) is 0 Å². The zero-order chi connectivity index (χ0) is 13.3. The first-order valence-corrected chi connectivity index (χ1v) is 7.14. The zero-order valence-corrected chi connectivity index (χ0v) is 11.6. The van der Waals surface area contributed by atoms with Crippen molar-refractivity contribution in [3.8, 4) is 0 Å². The van der Waals surface area contributed by atoms with Gasteiger partial charge in [-0.25, -0.2) is 9.69 Å². The minimum atomic E-state index is -0.497. The smallest absolute Gasteiger partial charge is 0.324 e. The first kappa shape index (κ1) is 13.2. The molecule has 0 radical (unpaired) electrons. The molecule has 1 heterocycles. The van der Waals surface area contributed by atoms with Gasteiger partial charge in [-0.05, 0) is 18.4 Å². The highest BCUT2D eigenvalue weighted by molar-refractivity contribution is 7.99. The van der Waals surface area contributed by atoms with Gasteiger partial charge in [0.15, 0.2) is 0 Å². The highest BCUT2D eigenvalue weighted by Crippen LogP contribution is 2.29. The maximum Gasteiger partial charge on any atom is 0.329 e. The Morgan fingerprint density at radius 2 is 2.06 bits per heavy atom. The van der Waals surface area contributed by atoms with E-state index in [1.807, 2.05) is 13.2 Å². The molecule has 96 valence electrons. The second-order valence-electron chi connectivity index (χ2n) is 3.99. The van der Waals surface area contributed by atoms with E-state index in [-0.39, 0.29) is 11.2 Å². The lowest BCUT2D eigenvalue weighted by molar-refractivity contribution is -0.118. The van der Waals surface area contributed by atoms with E-state index in [0.717, 1.165) is 4.90 Å². The molecule has 1 aromatic carbocycles. The molecule has 2 rings (SSSR count). The monoisotopic (exact) mass is 284 g/mol. The van der Waals surface area contributed by atoms with E-state index < -0.39 is 12.1 Å². The van der Waals surface area contributed by atoms with Crippen LogP contribution >= 0.6 is 23.4 Å². The maximum absolute atomic E-state index is 12.2. The number of benzene rings is 1. The molecule has 4 nitrogen and oxygen atoms in total. The van der Waals surface area contributed by atoms with Crippen LogP contribution in [0.1, 0.15) is 6.92 Å². The Hall–Kier alpha value is -1.20. The molecule has 6 heteroatoms. The molecule has 18 heavy (non-hydrogen) atoms. The predicted molar refractivity (Wildman–Crippen MR) is 74.2 cm³/mol. The number of hydrogen-bond acceptors (Lipinski definition) is 3. The molecule has 0 bridgehead atoms. The van der Waals surface area contributed by atoms with Gasteiger partial charge in [-0.1, -0.05) is 30.7 Å². The number of para-hydroxylation sites is 1. The Bertz CT molecular complexity index is 495. The highest BCUT2D eigenvalue weighted by Gasteiger charge is 2.42. The van der Waals surface area contributed by atoms with Crippen LogP contribution < -0.4 is 10.2 Å².